The Bertz CT molecular complexity index is 493. The molecule has 0 saturated heterocycles. The number of urea groups is 1. The first-order chi connectivity index (χ1) is 10.7. The average molecular weight is 306 g/mol. The maximum atomic E-state index is 12.6. The lowest BCUT2D eigenvalue weighted by molar-refractivity contribution is 0.133. The summed E-state index contributed by atoms with van der Waals surface area (Å²) < 4.78 is 5.13. The normalized spacial score (nSPS) is 17.9. The molecule has 2 atom stereocenters. The molecule has 2 rings (SSSR count). The molecule has 2 unspecified atom stereocenters. The van der Waals surface area contributed by atoms with E-state index in [1.54, 1.807) is 12.0 Å². The van der Waals surface area contributed by atoms with E-state index in [0.717, 1.165) is 19.3 Å². The number of aliphatic hydroxyl groups is 1. The summed E-state index contributed by atoms with van der Waals surface area (Å²) in [6.45, 7) is 2.82. The molecule has 5 heteroatoms. The second kappa shape index (κ2) is 8.15. The van der Waals surface area contributed by atoms with Crippen LogP contribution in [0.1, 0.15) is 36.9 Å². The van der Waals surface area contributed by atoms with Crippen LogP contribution in [0.4, 0.5) is 4.79 Å². The number of carbonyl (C=O) groups is 1. The number of aliphatic hydroxyl groups excluding tert-OH is 1. The van der Waals surface area contributed by atoms with E-state index in [1.165, 1.54) is 11.1 Å². The van der Waals surface area contributed by atoms with Gasteiger partial charge in [0.2, 0.25) is 0 Å². The summed E-state index contributed by atoms with van der Waals surface area (Å²) in [7, 11) is 1.63. The number of nitrogens with zero attached hydrogens (tertiary/aromatic N) is 1. The number of benzene rings is 1. The van der Waals surface area contributed by atoms with Gasteiger partial charge in [-0.2, -0.15) is 0 Å². The summed E-state index contributed by atoms with van der Waals surface area (Å²) in [6, 6.07) is 8.15. The van der Waals surface area contributed by atoms with Crippen molar-refractivity contribution in [1.82, 2.24) is 10.2 Å². The molecule has 0 fully saturated rings. The summed E-state index contributed by atoms with van der Waals surface area (Å²) >= 11 is 0. The van der Waals surface area contributed by atoms with E-state index in [2.05, 4.69) is 17.4 Å². The van der Waals surface area contributed by atoms with Gasteiger partial charge in [-0.3, -0.25) is 0 Å². The van der Waals surface area contributed by atoms with E-state index in [4.69, 9.17) is 4.74 Å². The van der Waals surface area contributed by atoms with Crippen LogP contribution in [0.5, 0.6) is 0 Å². The van der Waals surface area contributed by atoms with Gasteiger partial charge in [0.05, 0.1) is 25.3 Å². The van der Waals surface area contributed by atoms with E-state index >= 15 is 0 Å². The zero-order valence-electron chi connectivity index (χ0n) is 13.4. The fourth-order valence-corrected chi connectivity index (χ4v) is 3.09. The van der Waals surface area contributed by atoms with Crippen LogP contribution >= 0.6 is 0 Å². The third-order valence-corrected chi connectivity index (χ3v) is 4.27. The largest absolute Gasteiger partial charge is 0.395 e. The van der Waals surface area contributed by atoms with Crippen molar-refractivity contribution >= 4 is 6.03 Å². The highest BCUT2D eigenvalue weighted by Gasteiger charge is 2.31. The number of ether oxygens (including phenoxy) is 1. The Morgan fingerprint density at radius 2 is 2.27 bits per heavy atom. The quantitative estimate of drug-likeness (QED) is 0.811. The fraction of sp³-hybridized carbons (Fsp3) is 0.588. The van der Waals surface area contributed by atoms with Crippen molar-refractivity contribution < 1.29 is 14.6 Å². The summed E-state index contributed by atoms with van der Waals surface area (Å²) in [5.74, 6) is 0. The first-order valence-electron chi connectivity index (χ1n) is 7.96. The third kappa shape index (κ3) is 3.78. The van der Waals surface area contributed by atoms with Crippen molar-refractivity contribution in [2.45, 2.75) is 38.3 Å². The monoisotopic (exact) mass is 306 g/mol. The molecule has 0 saturated carbocycles. The van der Waals surface area contributed by atoms with E-state index in [0.29, 0.717) is 13.2 Å². The number of amides is 2. The van der Waals surface area contributed by atoms with Crippen LogP contribution < -0.4 is 5.32 Å². The Hall–Kier alpha value is -1.59. The van der Waals surface area contributed by atoms with Gasteiger partial charge in [-0.15, -0.1) is 0 Å². The van der Waals surface area contributed by atoms with Crippen LogP contribution in [0.2, 0.25) is 0 Å². The summed E-state index contributed by atoms with van der Waals surface area (Å²) in [5, 5.41) is 12.4. The van der Waals surface area contributed by atoms with Gasteiger partial charge in [0.15, 0.2) is 0 Å². The Morgan fingerprint density at radius 1 is 1.50 bits per heavy atom. The van der Waals surface area contributed by atoms with E-state index in [9.17, 15) is 9.90 Å². The number of aryl methyl sites for hydroxylation is 1. The highest BCUT2D eigenvalue weighted by atomic mass is 16.5. The molecule has 1 aliphatic rings. The number of fused-ring (bicyclic) bond motifs is 1. The SMILES string of the molecule is CCC(COC)NC(=O)N(CCO)C1CCc2ccccc21. The minimum absolute atomic E-state index is 0.00432. The van der Waals surface area contributed by atoms with Gasteiger partial charge in [0.25, 0.3) is 0 Å². The van der Waals surface area contributed by atoms with Crippen LogP contribution in [0.3, 0.4) is 0 Å². The minimum atomic E-state index is -0.125. The predicted molar refractivity (Wildman–Crippen MR) is 85.8 cm³/mol. The smallest absolute Gasteiger partial charge is 0.318 e. The second-order valence-corrected chi connectivity index (χ2v) is 5.68. The van der Waals surface area contributed by atoms with Crippen LogP contribution in [0, 0.1) is 0 Å². The molecule has 2 N–H and O–H groups in total. The molecule has 2 amide bonds. The van der Waals surface area contributed by atoms with Gasteiger partial charge in [0, 0.05) is 13.7 Å². The third-order valence-electron chi connectivity index (χ3n) is 4.27. The number of carbonyl (C=O) groups excluding carboxylic acids is 1. The maximum Gasteiger partial charge on any atom is 0.318 e. The topological polar surface area (TPSA) is 61.8 Å². The lowest BCUT2D eigenvalue weighted by Crippen LogP contribution is -2.48. The Kier molecular flexibility index (Phi) is 6.21. The van der Waals surface area contributed by atoms with Crippen molar-refractivity contribution in [3.8, 4) is 0 Å². The average Bonchev–Trinajstić information content (AvgIpc) is 2.95. The molecule has 22 heavy (non-hydrogen) atoms. The van der Waals surface area contributed by atoms with Crippen LogP contribution in [-0.2, 0) is 11.2 Å². The second-order valence-electron chi connectivity index (χ2n) is 5.68. The van der Waals surface area contributed by atoms with Gasteiger partial charge in [0.1, 0.15) is 0 Å². The van der Waals surface area contributed by atoms with Crippen LogP contribution in [0.15, 0.2) is 24.3 Å². The lowest BCUT2D eigenvalue weighted by atomic mass is 10.1. The zero-order valence-corrected chi connectivity index (χ0v) is 13.4. The number of hydrogen-bond acceptors (Lipinski definition) is 3. The van der Waals surface area contributed by atoms with Crippen molar-refractivity contribution in [3.63, 3.8) is 0 Å². The van der Waals surface area contributed by atoms with Crippen molar-refractivity contribution in [2.24, 2.45) is 0 Å². The molecule has 122 valence electrons. The molecule has 0 heterocycles. The molecule has 0 aliphatic heterocycles. The van der Waals surface area contributed by atoms with Gasteiger partial charge < -0.3 is 20.1 Å². The number of methoxy groups -OCH3 is 1. The van der Waals surface area contributed by atoms with E-state index in [1.807, 2.05) is 19.1 Å². The van der Waals surface area contributed by atoms with Gasteiger partial charge >= 0.3 is 6.03 Å². The molecular formula is C17H26N2O3. The first kappa shape index (κ1) is 16.8. The first-order valence-corrected chi connectivity index (χ1v) is 7.96. The molecular weight excluding hydrogens is 280 g/mol. The van der Waals surface area contributed by atoms with Gasteiger partial charge in [-0.05, 0) is 30.4 Å². The molecule has 0 radical (unpaired) electrons. The fourth-order valence-electron chi connectivity index (χ4n) is 3.09. The molecule has 1 aromatic carbocycles. The predicted octanol–water partition coefficient (Wildman–Crippen LogP) is 2.10. The molecule has 1 aliphatic carbocycles. The Balaban J connectivity index is 2.11. The Morgan fingerprint density at radius 3 is 2.95 bits per heavy atom. The number of rotatable bonds is 7. The Labute approximate surface area is 132 Å². The van der Waals surface area contributed by atoms with Crippen molar-refractivity contribution in [2.75, 3.05) is 26.9 Å². The van der Waals surface area contributed by atoms with E-state index < -0.39 is 0 Å². The maximum absolute atomic E-state index is 12.6. The minimum Gasteiger partial charge on any atom is -0.395 e. The van der Waals surface area contributed by atoms with Crippen LogP contribution in [0.25, 0.3) is 0 Å². The number of hydrogen-bond donors (Lipinski definition) is 2. The molecule has 0 spiro atoms. The summed E-state index contributed by atoms with van der Waals surface area (Å²) in [6.07, 6.45) is 2.70. The highest BCUT2D eigenvalue weighted by Crippen LogP contribution is 2.35. The highest BCUT2D eigenvalue weighted by molar-refractivity contribution is 5.75. The number of nitrogens with one attached hydrogen (secondary N) is 1. The standard InChI is InChI=1S/C17H26N2O3/c1-3-14(12-22-2)18-17(21)19(10-11-20)16-9-8-13-6-4-5-7-15(13)16/h4-7,14,16,20H,3,8-12H2,1-2H3,(H,18,21). The van der Waals surface area contributed by atoms with Gasteiger partial charge in [-0.25, -0.2) is 4.79 Å². The van der Waals surface area contributed by atoms with Crippen molar-refractivity contribution in [1.29, 1.82) is 0 Å². The molecule has 0 aromatic heterocycles. The zero-order chi connectivity index (χ0) is 15.9. The van der Waals surface area contributed by atoms with Gasteiger partial charge in [-0.1, -0.05) is 31.2 Å². The van der Waals surface area contributed by atoms with Crippen LogP contribution in [-0.4, -0.2) is 48.9 Å². The summed E-state index contributed by atoms with van der Waals surface area (Å²) in [5.41, 5.74) is 2.50. The molecule has 5 nitrogen and oxygen atoms in total. The molecule has 1 aromatic rings. The van der Waals surface area contributed by atoms with E-state index in [-0.39, 0.29) is 24.7 Å². The van der Waals surface area contributed by atoms with Crippen molar-refractivity contribution in [3.05, 3.63) is 35.4 Å². The lowest BCUT2D eigenvalue weighted by Gasteiger charge is -2.31. The molecule has 0 bridgehead atoms. The summed E-state index contributed by atoms with van der Waals surface area (Å²) in [4.78, 5) is 14.4.